The normalized spacial score (nSPS) is 9.50. The monoisotopic (exact) mass is 218 g/mol. The molecule has 0 aliphatic rings. The number of rotatable bonds is 6. The number of hydrogen-bond acceptors (Lipinski definition) is 3. The van der Waals surface area contributed by atoms with Gasteiger partial charge in [-0.15, -0.1) is 13.2 Å². The molecule has 0 aromatic carbocycles. The summed E-state index contributed by atoms with van der Waals surface area (Å²) in [6.07, 6.45) is 6.42. The molecule has 1 N–H and O–H groups in total. The second-order valence-electron chi connectivity index (χ2n) is 3.18. The maximum atomic E-state index is 11.0. The fraction of sp³-hybridized carbons (Fsp3) is 0.167. The summed E-state index contributed by atoms with van der Waals surface area (Å²) < 4.78 is 0. The van der Waals surface area contributed by atoms with E-state index in [1.54, 1.807) is 12.2 Å². The van der Waals surface area contributed by atoms with Crippen LogP contribution < -0.4 is 4.90 Å². The molecule has 0 atom stereocenters. The maximum absolute atomic E-state index is 11.0. The van der Waals surface area contributed by atoms with E-state index in [-0.39, 0.29) is 5.56 Å². The van der Waals surface area contributed by atoms with E-state index < -0.39 is 5.97 Å². The highest BCUT2D eigenvalue weighted by atomic mass is 16.4. The van der Waals surface area contributed by atoms with Crippen molar-refractivity contribution in [2.24, 2.45) is 0 Å². The average molecular weight is 218 g/mol. The molecule has 1 rings (SSSR count). The predicted octanol–water partition coefficient (Wildman–Crippen LogP) is 1.96. The van der Waals surface area contributed by atoms with Gasteiger partial charge in [-0.05, 0) is 6.07 Å². The van der Waals surface area contributed by atoms with Gasteiger partial charge in [0.1, 0.15) is 0 Å². The fourth-order valence-electron chi connectivity index (χ4n) is 1.40. The molecule has 4 heteroatoms. The first-order chi connectivity index (χ1) is 7.70. The summed E-state index contributed by atoms with van der Waals surface area (Å²) in [5.74, 6) is -0.962. The van der Waals surface area contributed by atoms with Crippen LogP contribution in [0, 0.1) is 0 Å². The van der Waals surface area contributed by atoms with Gasteiger partial charge in [0.15, 0.2) is 0 Å². The van der Waals surface area contributed by atoms with Crippen molar-refractivity contribution in [3.8, 4) is 0 Å². The third-order valence-electron chi connectivity index (χ3n) is 2.07. The standard InChI is InChI=1S/C12H14N2O2/c1-3-7-14(8-4-2)11-9-13-6-5-10(11)12(15)16/h3-6,9H,1-2,7-8H2,(H,15,16). The van der Waals surface area contributed by atoms with E-state index in [0.717, 1.165) is 0 Å². The van der Waals surface area contributed by atoms with Crippen LogP contribution in [0.2, 0.25) is 0 Å². The molecule has 84 valence electrons. The van der Waals surface area contributed by atoms with Crippen molar-refractivity contribution in [3.63, 3.8) is 0 Å². The van der Waals surface area contributed by atoms with Crippen molar-refractivity contribution >= 4 is 11.7 Å². The first-order valence-corrected chi connectivity index (χ1v) is 4.84. The Morgan fingerprint density at radius 3 is 2.56 bits per heavy atom. The Hall–Kier alpha value is -2.10. The number of aromatic nitrogens is 1. The molecule has 0 amide bonds. The predicted molar refractivity (Wildman–Crippen MR) is 63.8 cm³/mol. The summed E-state index contributed by atoms with van der Waals surface area (Å²) in [5.41, 5.74) is 0.813. The van der Waals surface area contributed by atoms with Crippen molar-refractivity contribution < 1.29 is 9.90 Å². The minimum Gasteiger partial charge on any atom is -0.478 e. The topological polar surface area (TPSA) is 53.4 Å². The minimum absolute atomic E-state index is 0.235. The summed E-state index contributed by atoms with van der Waals surface area (Å²) in [5, 5.41) is 9.04. The summed E-state index contributed by atoms with van der Waals surface area (Å²) >= 11 is 0. The first-order valence-electron chi connectivity index (χ1n) is 4.84. The van der Waals surface area contributed by atoms with Crippen LogP contribution in [0.5, 0.6) is 0 Å². The maximum Gasteiger partial charge on any atom is 0.337 e. The molecule has 16 heavy (non-hydrogen) atoms. The van der Waals surface area contributed by atoms with Gasteiger partial charge in [0, 0.05) is 19.3 Å². The van der Waals surface area contributed by atoms with Crippen LogP contribution in [0.1, 0.15) is 10.4 Å². The van der Waals surface area contributed by atoms with Gasteiger partial charge in [-0.1, -0.05) is 12.2 Å². The molecule has 0 unspecified atom stereocenters. The Balaban J connectivity index is 3.11. The Kier molecular flexibility index (Phi) is 4.27. The molecule has 0 aliphatic carbocycles. The second-order valence-corrected chi connectivity index (χ2v) is 3.18. The lowest BCUT2D eigenvalue weighted by atomic mass is 10.2. The first kappa shape index (κ1) is 12.0. The largest absolute Gasteiger partial charge is 0.478 e. The lowest BCUT2D eigenvalue weighted by Crippen LogP contribution is -2.25. The molecule has 0 saturated carbocycles. The van der Waals surface area contributed by atoms with Crippen molar-refractivity contribution in [3.05, 3.63) is 49.3 Å². The molecule has 4 nitrogen and oxygen atoms in total. The van der Waals surface area contributed by atoms with E-state index in [1.165, 1.54) is 18.5 Å². The smallest absolute Gasteiger partial charge is 0.337 e. The van der Waals surface area contributed by atoms with Gasteiger partial charge >= 0.3 is 5.97 Å². The number of hydrogen-bond donors (Lipinski definition) is 1. The molecule has 1 heterocycles. The zero-order chi connectivity index (χ0) is 12.0. The minimum atomic E-state index is -0.962. The number of nitrogens with zero attached hydrogens (tertiary/aromatic N) is 2. The third kappa shape index (κ3) is 2.70. The van der Waals surface area contributed by atoms with Crippen LogP contribution in [0.25, 0.3) is 0 Å². The van der Waals surface area contributed by atoms with Crippen LogP contribution in [0.3, 0.4) is 0 Å². The molecule has 0 aliphatic heterocycles. The zero-order valence-corrected chi connectivity index (χ0v) is 8.97. The number of anilines is 1. The van der Waals surface area contributed by atoms with Crippen LogP contribution in [0.4, 0.5) is 5.69 Å². The van der Waals surface area contributed by atoms with E-state index in [2.05, 4.69) is 18.1 Å². The third-order valence-corrected chi connectivity index (χ3v) is 2.07. The van der Waals surface area contributed by atoms with E-state index in [4.69, 9.17) is 5.11 Å². The zero-order valence-electron chi connectivity index (χ0n) is 8.97. The molecule has 0 spiro atoms. The van der Waals surface area contributed by atoms with Gasteiger partial charge < -0.3 is 10.0 Å². The van der Waals surface area contributed by atoms with Crippen LogP contribution >= 0.6 is 0 Å². The van der Waals surface area contributed by atoms with Crippen LogP contribution in [-0.2, 0) is 0 Å². The number of pyridine rings is 1. The van der Waals surface area contributed by atoms with E-state index in [1.807, 2.05) is 4.90 Å². The quantitative estimate of drug-likeness (QED) is 0.741. The molecule has 1 aromatic rings. The Morgan fingerprint density at radius 2 is 2.06 bits per heavy atom. The Morgan fingerprint density at radius 1 is 1.44 bits per heavy atom. The Labute approximate surface area is 94.5 Å². The van der Waals surface area contributed by atoms with Gasteiger partial charge in [0.2, 0.25) is 0 Å². The van der Waals surface area contributed by atoms with Crippen LogP contribution in [-0.4, -0.2) is 29.1 Å². The van der Waals surface area contributed by atoms with E-state index in [0.29, 0.717) is 18.8 Å². The van der Waals surface area contributed by atoms with Crippen molar-refractivity contribution in [1.29, 1.82) is 0 Å². The molecule has 1 aromatic heterocycles. The number of aromatic carboxylic acids is 1. The highest BCUT2D eigenvalue weighted by Crippen LogP contribution is 2.18. The van der Waals surface area contributed by atoms with Gasteiger partial charge in [-0.2, -0.15) is 0 Å². The van der Waals surface area contributed by atoms with E-state index >= 15 is 0 Å². The second kappa shape index (κ2) is 5.70. The lowest BCUT2D eigenvalue weighted by molar-refractivity contribution is 0.0697. The van der Waals surface area contributed by atoms with Gasteiger partial charge in [0.25, 0.3) is 0 Å². The van der Waals surface area contributed by atoms with E-state index in [9.17, 15) is 4.79 Å². The summed E-state index contributed by atoms with van der Waals surface area (Å²) in [6.45, 7) is 8.39. The summed E-state index contributed by atoms with van der Waals surface area (Å²) in [4.78, 5) is 16.8. The summed E-state index contributed by atoms with van der Waals surface area (Å²) in [7, 11) is 0. The molecular formula is C12H14N2O2. The highest BCUT2D eigenvalue weighted by Gasteiger charge is 2.13. The SMILES string of the molecule is C=CCN(CC=C)c1cnccc1C(=O)O. The molecule has 0 saturated heterocycles. The highest BCUT2D eigenvalue weighted by molar-refractivity contribution is 5.94. The number of carboxylic acids is 1. The van der Waals surface area contributed by atoms with Gasteiger partial charge in [-0.25, -0.2) is 4.79 Å². The number of carboxylic acid groups (broad SMARTS) is 1. The summed E-state index contributed by atoms with van der Waals surface area (Å²) in [6, 6.07) is 1.48. The van der Waals surface area contributed by atoms with Crippen molar-refractivity contribution in [2.75, 3.05) is 18.0 Å². The van der Waals surface area contributed by atoms with Gasteiger partial charge in [-0.3, -0.25) is 4.98 Å². The van der Waals surface area contributed by atoms with Crippen molar-refractivity contribution in [2.45, 2.75) is 0 Å². The average Bonchev–Trinajstić information content (AvgIpc) is 2.29. The molecular weight excluding hydrogens is 204 g/mol. The Bertz CT molecular complexity index is 392. The van der Waals surface area contributed by atoms with Gasteiger partial charge in [0.05, 0.1) is 17.4 Å². The number of carbonyl (C=O) groups is 1. The lowest BCUT2D eigenvalue weighted by Gasteiger charge is -2.22. The molecule has 0 bridgehead atoms. The fourth-order valence-corrected chi connectivity index (χ4v) is 1.40. The van der Waals surface area contributed by atoms with Crippen LogP contribution in [0.15, 0.2) is 43.8 Å². The molecule has 0 fully saturated rings. The molecule has 0 radical (unpaired) electrons. The van der Waals surface area contributed by atoms with Crippen molar-refractivity contribution in [1.82, 2.24) is 4.98 Å².